The Bertz CT molecular complexity index is 789. The van der Waals surface area contributed by atoms with Crippen LogP contribution in [0.5, 0.6) is 0 Å². The van der Waals surface area contributed by atoms with Crippen LogP contribution >= 0.6 is 27.3 Å². The van der Waals surface area contributed by atoms with E-state index in [1.54, 1.807) is 25.3 Å². The highest BCUT2D eigenvalue weighted by molar-refractivity contribution is 9.10. The summed E-state index contributed by atoms with van der Waals surface area (Å²) in [5.41, 5.74) is 0.932. The molecule has 0 aliphatic carbocycles. The Balaban J connectivity index is 2.06. The van der Waals surface area contributed by atoms with E-state index in [1.807, 2.05) is 24.3 Å². The van der Waals surface area contributed by atoms with Crippen molar-refractivity contribution >= 4 is 43.2 Å². The second-order valence-corrected chi connectivity index (χ2v) is 9.43. The Morgan fingerprint density at radius 1 is 1.25 bits per heavy atom. The van der Waals surface area contributed by atoms with Gasteiger partial charge in [-0.3, -0.25) is 4.79 Å². The SMILES string of the molecule is CC(C)[C@H](NS(=O)(=O)c1cccs1)C(=O)NCc1cccc(Br)c1. The fraction of sp³-hybridized carbons (Fsp3) is 0.312. The molecule has 8 heteroatoms. The molecule has 130 valence electrons. The first-order valence-corrected chi connectivity index (χ1v) is 10.5. The predicted octanol–water partition coefficient (Wildman–Crippen LogP) is 3.13. The number of hydrogen-bond donors (Lipinski definition) is 2. The topological polar surface area (TPSA) is 75.3 Å². The van der Waals surface area contributed by atoms with Gasteiger partial charge in [0.25, 0.3) is 10.0 Å². The Kier molecular flexibility index (Phi) is 6.56. The molecule has 0 bridgehead atoms. The van der Waals surface area contributed by atoms with Gasteiger partial charge in [-0.05, 0) is 35.1 Å². The van der Waals surface area contributed by atoms with Gasteiger partial charge in [0, 0.05) is 11.0 Å². The lowest BCUT2D eigenvalue weighted by molar-refractivity contribution is -0.123. The van der Waals surface area contributed by atoms with E-state index >= 15 is 0 Å². The zero-order chi connectivity index (χ0) is 17.7. The summed E-state index contributed by atoms with van der Waals surface area (Å²) in [6, 6.07) is 9.93. The Hall–Kier alpha value is -1.22. The summed E-state index contributed by atoms with van der Waals surface area (Å²) >= 11 is 4.50. The van der Waals surface area contributed by atoms with Gasteiger partial charge >= 0.3 is 0 Å². The molecule has 2 aromatic rings. The zero-order valence-electron chi connectivity index (χ0n) is 13.3. The Labute approximate surface area is 154 Å². The van der Waals surface area contributed by atoms with Gasteiger partial charge in [-0.25, -0.2) is 8.42 Å². The smallest absolute Gasteiger partial charge is 0.250 e. The quantitative estimate of drug-likeness (QED) is 0.708. The minimum absolute atomic E-state index is 0.178. The third-order valence-electron chi connectivity index (χ3n) is 3.35. The summed E-state index contributed by atoms with van der Waals surface area (Å²) in [4.78, 5) is 12.4. The van der Waals surface area contributed by atoms with Crippen LogP contribution in [0.2, 0.25) is 0 Å². The van der Waals surface area contributed by atoms with Gasteiger partial charge < -0.3 is 5.32 Å². The number of halogens is 1. The lowest BCUT2D eigenvalue weighted by Gasteiger charge is -2.21. The van der Waals surface area contributed by atoms with Crippen molar-refractivity contribution in [2.75, 3.05) is 0 Å². The van der Waals surface area contributed by atoms with E-state index in [1.165, 1.54) is 6.07 Å². The minimum Gasteiger partial charge on any atom is -0.351 e. The van der Waals surface area contributed by atoms with Crippen molar-refractivity contribution in [2.45, 2.75) is 30.6 Å². The van der Waals surface area contributed by atoms with E-state index in [0.717, 1.165) is 21.4 Å². The van der Waals surface area contributed by atoms with E-state index in [9.17, 15) is 13.2 Å². The molecule has 0 saturated carbocycles. The first-order valence-electron chi connectivity index (χ1n) is 7.37. The number of thiophene rings is 1. The van der Waals surface area contributed by atoms with Gasteiger partial charge in [0.05, 0.1) is 0 Å². The van der Waals surface area contributed by atoms with Gasteiger partial charge in [0.15, 0.2) is 0 Å². The fourth-order valence-corrected chi connectivity index (χ4v) is 4.88. The maximum atomic E-state index is 12.4. The van der Waals surface area contributed by atoms with E-state index < -0.39 is 16.1 Å². The number of amides is 1. The molecular formula is C16H19BrN2O3S2. The third-order valence-corrected chi connectivity index (χ3v) is 6.68. The second kappa shape index (κ2) is 8.24. The molecule has 2 N–H and O–H groups in total. The summed E-state index contributed by atoms with van der Waals surface area (Å²) in [6.07, 6.45) is 0. The number of hydrogen-bond acceptors (Lipinski definition) is 4. The van der Waals surface area contributed by atoms with Crippen LogP contribution in [0.3, 0.4) is 0 Å². The van der Waals surface area contributed by atoms with Crippen LogP contribution in [0, 0.1) is 5.92 Å². The average molecular weight is 431 g/mol. The standard InChI is InChI=1S/C16H19BrN2O3S2/c1-11(2)15(19-24(21,22)14-7-4-8-23-14)16(20)18-10-12-5-3-6-13(17)9-12/h3-9,11,15,19H,10H2,1-2H3,(H,18,20)/t15-/m0/s1. The van der Waals surface area contributed by atoms with Crippen LogP contribution in [0.25, 0.3) is 0 Å². The molecule has 0 aliphatic rings. The van der Waals surface area contributed by atoms with Gasteiger partial charge in [-0.2, -0.15) is 4.72 Å². The molecule has 2 rings (SSSR count). The summed E-state index contributed by atoms with van der Waals surface area (Å²) in [6.45, 7) is 3.95. The van der Waals surface area contributed by atoms with Crippen LogP contribution < -0.4 is 10.0 Å². The first kappa shape index (κ1) is 19.1. The van der Waals surface area contributed by atoms with E-state index in [4.69, 9.17) is 0 Å². The molecule has 0 unspecified atom stereocenters. The highest BCUT2D eigenvalue weighted by atomic mass is 79.9. The van der Waals surface area contributed by atoms with Crippen LogP contribution in [0.15, 0.2) is 50.5 Å². The second-order valence-electron chi connectivity index (χ2n) is 5.62. The van der Waals surface area contributed by atoms with Crippen LogP contribution in [0.1, 0.15) is 19.4 Å². The van der Waals surface area contributed by atoms with Crippen molar-refractivity contribution in [3.63, 3.8) is 0 Å². The highest BCUT2D eigenvalue weighted by Crippen LogP contribution is 2.17. The van der Waals surface area contributed by atoms with Gasteiger partial charge in [0.1, 0.15) is 10.3 Å². The van der Waals surface area contributed by atoms with Crippen molar-refractivity contribution in [1.82, 2.24) is 10.0 Å². The maximum absolute atomic E-state index is 12.4. The Morgan fingerprint density at radius 3 is 2.58 bits per heavy atom. The van der Waals surface area contributed by atoms with Crippen molar-refractivity contribution in [2.24, 2.45) is 5.92 Å². The molecule has 1 atom stereocenters. The number of sulfonamides is 1. The van der Waals surface area contributed by atoms with Crippen LogP contribution in [-0.4, -0.2) is 20.4 Å². The van der Waals surface area contributed by atoms with Gasteiger partial charge in [0.2, 0.25) is 5.91 Å². The average Bonchev–Trinajstić information content (AvgIpc) is 3.05. The van der Waals surface area contributed by atoms with Crippen molar-refractivity contribution in [3.8, 4) is 0 Å². The number of carbonyl (C=O) groups is 1. The van der Waals surface area contributed by atoms with Gasteiger partial charge in [-0.1, -0.05) is 48.0 Å². The summed E-state index contributed by atoms with van der Waals surface area (Å²) in [5.74, 6) is -0.521. The molecule has 0 aliphatic heterocycles. The van der Waals surface area contributed by atoms with Crippen molar-refractivity contribution < 1.29 is 13.2 Å². The molecule has 0 fully saturated rings. The van der Waals surface area contributed by atoms with E-state index in [-0.39, 0.29) is 16.0 Å². The van der Waals surface area contributed by atoms with E-state index in [2.05, 4.69) is 26.0 Å². The van der Waals surface area contributed by atoms with Crippen LogP contribution in [0.4, 0.5) is 0 Å². The molecule has 0 radical (unpaired) electrons. The molecule has 0 saturated heterocycles. The van der Waals surface area contributed by atoms with Gasteiger partial charge in [-0.15, -0.1) is 11.3 Å². The van der Waals surface area contributed by atoms with E-state index in [0.29, 0.717) is 6.54 Å². The number of benzene rings is 1. The lowest BCUT2D eigenvalue weighted by Crippen LogP contribution is -2.49. The summed E-state index contributed by atoms with van der Waals surface area (Å²) in [7, 11) is -3.70. The monoisotopic (exact) mass is 430 g/mol. The highest BCUT2D eigenvalue weighted by Gasteiger charge is 2.28. The molecule has 24 heavy (non-hydrogen) atoms. The van der Waals surface area contributed by atoms with Crippen molar-refractivity contribution in [3.05, 3.63) is 51.8 Å². The zero-order valence-corrected chi connectivity index (χ0v) is 16.5. The fourth-order valence-electron chi connectivity index (χ4n) is 2.08. The van der Waals surface area contributed by atoms with Crippen molar-refractivity contribution in [1.29, 1.82) is 0 Å². The summed E-state index contributed by atoms with van der Waals surface area (Å²) < 4.78 is 28.3. The number of rotatable bonds is 7. The summed E-state index contributed by atoms with van der Waals surface area (Å²) in [5, 5.41) is 4.48. The lowest BCUT2D eigenvalue weighted by atomic mass is 10.0. The predicted molar refractivity (Wildman–Crippen MR) is 99.3 cm³/mol. The molecule has 1 aromatic heterocycles. The minimum atomic E-state index is -3.70. The van der Waals surface area contributed by atoms with Crippen LogP contribution in [-0.2, 0) is 21.4 Å². The number of carbonyl (C=O) groups excluding carboxylic acids is 1. The largest absolute Gasteiger partial charge is 0.351 e. The maximum Gasteiger partial charge on any atom is 0.250 e. The molecule has 1 heterocycles. The molecule has 1 amide bonds. The first-order chi connectivity index (χ1) is 11.3. The third kappa shape index (κ3) is 5.14. The normalized spacial score (nSPS) is 13.0. The molecular weight excluding hydrogens is 412 g/mol. The molecule has 1 aromatic carbocycles. The number of nitrogens with one attached hydrogen (secondary N) is 2. The Morgan fingerprint density at radius 2 is 2.00 bits per heavy atom. The molecule has 5 nitrogen and oxygen atoms in total. The molecule has 0 spiro atoms.